The number of nitrogens with zero attached hydrogens (tertiary/aromatic N) is 1. The number of anilines is 2. The van der Waals surface area contributed by atoms with Crippen LogP contribution >= 0.6 is 0 Å². The molecule has 0 saturated carbocycles. The second-order valence-corrected chi connectivity index (χ2v) is 10.0. The number of pyridine rings is 1. The lowest BCUT2D eigenvalue weighted by Crippen LogP contribution is -2.32. The molecule has 0 bridgehead atoms. The lowest BCUT2D eigenvalue weighted by atomic mass is 9.61. The van der Waals surface area contributed by atoms with Crippen molar-refractivity contribution in [2.75, 3.05) is 5.32 Å². The van der Waals surface area contributed by atoms with Gasteiger partial charge < -0.3 is 5.32 Å². The lowest BCUT2D eigenvalue weighted by Gasteiger charge is -2.40. The zero-order valence-corrected chi connectivity index (χ0v) is 19.4. The maximum atomic E-state index is 4.68. The van der Waals surface area contributed by atoms with Crippen LogP contribution in [0.1, 0.15) is 22.3 Å². The Morgan fingerprint density at radius 1 is 0.444 bits per heavy atom. The molecule has 0 fully saturated rings. The summed E-state index contributed by atoms with van der Waals surface area (Å²) < 4.78 is 0. The number of hydrogen-bond donors (Lipinski definition) is 1. The van der Waals surface area contributed by atoms with Gasteiger partial charge in [-0.3, -0.25) is 4.98 Å². The Labute approximate surface area is 208 Å². The number of fused-ring (bicyclic) bond motifs is 11. The Morgan fingerprint density at radius 3 is 1.86 bits per heavy atom. The van der Waals surface area contributed by atoms with Gasteiger partial charge in [0.05, 0.1) is 5.41 Å². The third-order valence-electron chi connectivity index (χ3n) is 8.52. The van der Waals surface area contributed by atoms with Gasteiger partial charge in [-0.2, -0.15) is 0 Å². The van der Waals surface area contributed by atoms with Crippen molar-refractivity contribution < 1.29 is 0 Å². The van der Waals surface area contributed by atoms with E-state index in [0.717, 1.165) is 0 Å². The lowest BCUT2D eigenvalue weighted by molar-refractivity contribution is 0.767. The summed E-state index contributed by atoms with van der Waals surface area (Å²) in [6.07, 6.45) is 4.04. The smallest absolute Gasteiger partial charge is 0.0740 e. The van der Waals surface area contributed by atoms with Crippen molar-refractivity contribution in [3.63, 3.8) is 0 Å². The molecule has 1 aromatic heterocycles. The first kappa shape index (κ1) is 18.6. The molecule has 3 aliphatic rings. The van der Waals surface area contributed by atoms with E-state index in [0.29, 0.717) is 0 Å². The largest absolute Gasteiger partial charge is 0.354 e. The van der Waals surface area contributed by atoms with E-state index >= 15 is 0 Å². The fourth-order valence-corrected chi connectivity index (χ4v) is 7.22. The number of para-hydroxylation sites is 1. The normalized spacial score (nSPS) is 14.6. The number of nitrogens with one attached hydrogen (secondary N) is 1. The molecule has 1 aliphatic heterocycles. The van der Waals surface area contributed by atoms with Crippen LogP contribution in [0.15, 0.2) is 116 Å². The molecule has 0 saturated heterocycles. The van der Waals surface area contributed by atoms with Gasteiger partial charge in [0.15, 0.2) is 0 Å². The van der Waals surface area contributed by atoms with Crippen molar-refractivity contribution in [1.82, 2.24) is 4.98 Å². The molecule has 0 amide bonds. The van der Waals surface area contributed by atoms with Gasteiger partial charge in [-0.05, 0) is 73.7 Å². The highest BCUT2D eigenvalue weighted by Gasteiger charge is 2.50. The Morgan fingerprint density at radius 2 is 1.08 bits per heavy atom. The third kappa shape index (κ3) is 1.97. The SMILES string of the molecule is c1ccc2c(c1)Nc1ccc3c4c(ccc-2c14)-c1ccncc1C31c2ccccc2-c2ccccc21. The van der Waals surface area contributed by atoms with Crippen molar-refractivity contribution in [1.29, 1.82) is 0 Å². The highest BCUT2D eigenvalue weighted by molar-refractivity contribution is 6.19. The molecule has 2 aliphatic carbocycles. The molecule has 36 heavy (non-hydrogen) atoms. The van der Waals surface area contributed by atoms with E-state index in [-0.39, 0.29) is 0 Å². The Hall–Kier alpha value is -4.69. The zero-order valence-electron chi connectivity index (χ0n) is 19.4. The Bertz CT molecular complexity index is 1890. The second-order valence-electron chi connectivity index (χ2n) is 10.0. The van der Waals surface area contributed by atoms with Gasteiger partial charge in [-0.1, -0.05) is 84.9 Å². The molecular formula is C34H20N2. The Kier molecular flexibility index (Phi) is 3.26. The molecule has 9 rings (SSSR count). The van der Waals surface area contributed by atoms with Gasteiger partial charge in [0.2, 0.25) is 0 Å². The number of benzene rings is 5. The van der Waals surface area contributed by atoms with E-state index in [1.165, 1.54) is 77.8 Å². The van der Waals surface area contributed by atoms with Crippen molar-refractivity contribution in [3.05, 3.63) is 138 Å². The number of aromatic nitrogens is 1. The van der Waals surface area contributed by atoms with Gasteiger partial charge in [0, 0.05) is 34.7 Å². The molecule has 0 unspecified atom stereocenters. The molecule has 0 atom stereocenters. The summed E-state index contributed by atoms with van der Waals surface area (Å²) in [5, 5.41) is 6.39. The zero-order chi connectivity index (χ0) is 23.4. The van der Waals surface area contributed by atoms with Crippen LogP contribution in [0.3, 0.4) is 0 Å². The quantitative estimate of drug-likeness (QED) is 0.248. The molecule has 2 nitrogen and oxygen atoms in total. The average molecular weight is 457 g/mol. The van der Waals surface area contributed by atoms with Gasteiger partial charge in [-0.15, -0.1) is 0 Å². The third-order valence-corrected chi connectivity index (χ3v) is 8.52. The predicted molar refractivity (Wildman–Crippen MR) is 147 cm³/mol. The van der Waals surface area contributed by atoms with Crippen molar-refractivity contribution in [2.45, 2.75) is 5.41 Å². The number of hydrogen-bond acceptors (Lipinski definition) is 2. The maximum Gasteiger partial charge on any atom is 0.0740 e. The summed E-state index contributed by atoms with van der Waals surface area (Å²) in [5.41, 5.74) is 15.0. The van der Waals surface area contributed by atoms with Gasteiger partial charge in [0.1, 0.15) is 0 Å². The van der Waals surface area contributed by atoms with Crippen LogP contribution in [0.25, 0.3) is 44.2 Å². The summed E-state index contributed by atoms with van der Waals surface area (Å²) >= 11 is 0. The van der Waals surface area contributed by atoms with Gasteiger partial charge in [0.25, 0.3) is 0 Å². The summed E-state index contributed by atoms with van der Waals surface area (Å²) in [4.78, 5) is 4.68. The molecular weight excluding hydrogens is 436 g/mol. The predicted octanol–water partition coefficient (Wildman–Crippen LogP) is 8.30. The second kappa shape index (κ2) is 6.30. The molecule has 166 valence electrons. The first-order chi connectivity index (χ1) is 17.9. The van der Waals surface area contributed by atoms with Crippen LogP contribution in [-0.4, -0.2) is 4.98 Å². The molecule has 2 heteroatoms. The van der Waals surface area contributed by atoms with Crippen LogP contribution in [0, 0.1) is 0 Å². The molecule has 0 radical (unpaired) electrons. The van der Waals surface area contributed by atoms with E-state index < -0.39 is 5.41 Å². The van der Waals surface area contributed by atoms with E-state index in [4.69, 9.17) is 0 Å². The fourth-order valence-electron chi connectivity index (χ4n) is 7.22. The summed E-state index contributed by atoms with van der Waals surface area (Å²) in [5.74, 6) is 0. The van der Waals surface area contributed by atoms with Crippen molar-refractivity contribution >= 4 is 22.1 Å². The van der Waals surface area contributed by atoms with E-state index in [1.54, 1.807) is 0 Å². The minimum atomic E-state index is -0.405. The molecule has 1 spiro atoms. The number of rotatable bonds is 0. The van der Waals surface area contributed by atoms with Crippen LogP contribution in [0.2, 0.25) is 0 Å². The van der Waals surface area contributed by atoms with Crippen LogP contribution in [0.5, 0.6) is 0 Å². The first-order valence-corrected chi connectivity index (χ1v) is 12.5. The van der Waals surface area contributed by atoms with E-state index in [1.807, 2.05) is 6.20 Å². The van der Waals surface area contributed by atoms with Crippen LogP contribution < -0.4 is 5.32 Å². The molecule has 2 heterocycles. The molecule has 1 N–H and O–H groups in total. The summed E-state index contributed by atoms with van der Waals surface area (Å²) in [6.45, 7) is 0. The van der Waals surface area contributed by atoms with Crippen LogP contribution in [0.4, 0.5) is 11.4 Å². The van der Waals surface area contributed by atoms with Crippen molar-refractivity contribution in [2.24, 2.45) is 0 Å². The van der Waals surface area contributed by atoms with Gasteiger partial charge in [-0.25, -0.2) is 0 Å². The standard InChI is InChI=1S/C34H20N2/c1-4-10-26-20(7-1)21-8-2-5-11-27(21)34(26)28-15-16-31-33-25(23-9-3-6-12-30(23)36-31)14-13-24(32(28)33)22-17-18-35-19-29(22)34/h1-19,36H. The minimum Gasteiger partial charge on any atom is -0.354 e. The first-order valence-electron chi connectivity index (χ1n) is 12.5. The van der Waals surface area contributed by atoms with E-state index in [2.05, 4.69) is 120 Å². The van der Waals surface area contributed by atoms with Gasteiger partial charge >= 0.3 is 0 Å². The topological polar surface area (TPSA) is 24.9 Å². The monoisotopic (exact) mass is 456 g/mol. The summed E-state index contributed by atoms with van der Waals surface area (Å²) in [6, 6.07) is 38.0. The highest BCUT2D eigenvalue weighted by atomic mass is 14.9. The average Bonchev–Trinajstić information content (AvgIpc) is 3.24. The Balaban J connectivity index is 1.54. The van der Waals surface area contributed by atoms with Crippen LogP contribution in [-0.2, 0) is 5.41 Å². The molecule has 6 aromatic rings. The fraction of sp³-hybridized carbons (Fsp3) is 0.0294. The van der Waals surface area contributed by atoms with E-state index in [9.17, 15) is 0 Å². The van der Waals surface area contributed by atoms with Crippen molar-refractivity contribution in [3.8, 4) is 33.4 Å². The molecule has 5 aromatic carbocycles. The maximum absolute atomic E-state index is 4.68. The highest BCUT2D eigenvalue weighted by Crippen LogP contribution is 2.63. The summed E-state index contributed by atoms with van der Waals surface area (Å²) in [7, 11) is 0. The minimum absolute atomic E-state index is 0.405.